The van der Waals surface area contributed by atoms with Crippen LogP contribution in [0.3, 0.4) is 0 Å². The third-order valence-electron chi connectivity index (χ3n) is 2.34. The predicted octanol–water partition coefficient (Wildman–Crippen LogP) is 3.38. The van der Waals surface area contributed by atoms with Crippen LogP contribution in [0.25, 0.3) is 5.57 Å². The minimum Gasteiger partial charge on any atom is -0.497 e. The average molecular weight is 203 g/mol. The van der Waals surface area contributed by atoms with Gasteiger partial charge in [0, 0.05) is 11.8 Å². The van der Waals surface area contributed by atoms with Crippen LogP contribution in [0.2, 0.25) is 0 Å². The van der Waals surface area contributed by atoms with Crippen LogP contribution in [0.1, 0.15) is 31.0 Å². The van der Waals surface area contributed by atoms with Crippen LogP contribution in [0, 0.1) is 0 Å². The van der Waals surface area contributed by atoms with E-state index in [1.807, 2.05) is 12.1 Å². The van der Waals surface area contributed by atoms with Crippen LogP contribution in [0.15, 0.2) is 37.2 Å². The van der Waals surface area contributed by atoms with Crippen LogP contribution in [0.4, 0.5) is 0 Å². The molecule has 0 radical (unpaired) electrons. The number of methoxy groups -OCH3 is 1. The lowest BCUT2D eigenvalue weighted by atomic mass is 10.0. The molecule has 0 amide bonds. The van der Waals surface area contributed by atoms with E-state index in [2.05, 4.69) is 32.0 Å². The minimum atomic E-state index is 0.482. The third-order valence-corrected chi connectivity index (χ3v) is 2.34. The van der Waals surface area contributed by atoms with Gasteiger partial charge in [-0.1, -0.05) is 27.0 Å². The highest BCUT2D eigenvalue weighted by Crippen LogP contribution is 2.21. The van der Waals surface area contributed by atoms with Crippen molar-refractivity contribution < 1.29 is 4.74 Å². The van der Waals surface area contributed by atoms with Crippen molar-refractivity contribution >= 4 is 5.57 Å². The Labute approximate surface area is 91.3 Å². The Morgan fingerprint density at radius 1 is 1.40 bits per heavy atom. The van der Waals surface area contributed by atoms with Crippen molar-refractivity contribution in [2.24, 2.45) is 0 Å². The number of aromatic nitrogens is 1. The van der Waals surface area contributed by atoms with Crippen LogP contribution in [-0.2, 0) is 4.74 Å². The van der Waals surface area contributed by atoms with Gasteiger partial charge in [-0.25, -0.2) is 0 Å². The summed E-state index contributed by atoms with van der Waals surface area (Å²) in [6, 6.07) is 4.04. The number of nitrogens with zero attached hydrogens (tertiary/aromatic N) is 1. The summed E-state index contributed by atoms with van der Waals surface area (Å²) in [5.41, 5.74) is 2.80. The monoisotopic (exact) mass is 203 g/mol. The molecule has 2 nitrogen and oxygen atoms in total. The lowest BCUT2D eigenvalue weighted by Gasteiger charge is -2.10. The van der Waals surface area contributed by atoms with E-state index in [0.29, 0.717) is 11.7 Å². The fourth-order valence-electron chi connectivity index (χ4n) is 1.24. The first kappa shape index (κ1) is 11.5. The SMILES string of the molecule is C=C(OC)C(=C)c1cc(C(C)C)ccn1. The Kier molecular flexibility index (Phi) is 3.67. The predicted molar refractivity (Wildman–Crippen MR) is 63.5 cm³/mol. The maximum Gasteiger partial charge on any atom is 0.120 e. The van der Waals surface area contributed by atoms with Crippen LogP contribution >= 0.6 is 0 Å². The first-order chi connectivity index (χ1) is 7.06. The molecule has 0 saturated heterocycles. The van der Waals surface area contributed by atoms with Gasteiger partial charge in [-0.3, -0.25) is 4.98 Å². The molecule has 0 aromatic carbocycles. The Balaban J connectivity index is 3.00. The van der Waals surface area contributed by atoms with Crippen molar-refractivity contribution in [2.75, 3.05) is 7.11 Å². The highest BCUT2D eigenvalue weighted by atomic mass is 16.5. The highest BCUT2D eigenvalue weighted by Gasteiger charge is 2.07. The summed E-state index contributed by atoms with van der Waals surface area (Å²) in [5, 5.41) is 0. The van der Waals surface area contributed by atoms with Crippen molar-refractivity contribution in [2.45, 2.75) is 19.8 Å². The number of pyridine rings is 1. The Morgan fingerprint density at radius 3 is 2.60 bits per heavy atom. The number of hydrogen-bond donors (Lipinski definition) is 0. The summed E-state index contributed by atoms with van der Waals surface area (Å²) >= 11 is 0. The smallest absolute Gasteiger partial charge is 0.120 e. The molecule has 0 aliphatic carbocycles. The minimum absolute atomic E-state index is 0.482. The second kappa shape index (κ2) is 4.78. The van der Waals surface area contributed by atoms with Gasteiger partial charge in [0.25, 0.3) is 0 Å². The lowest BCUT2D eigenvalue weighted by Crippen LogP contribution is -1.96. The lowest BCUT2D eigenvalue weighted by molar-refractivity contribution is 0.313. The van der Waals surface area contributed by atoms with E-state index in [1.54, 1.807) is 13.3 Å². The van der Waals surface area contributed by atoms with E-state index in [4.69, 9.17) is 4.74 Å². The van der Waals surface area contributed by atoms with E-state index < -0.39 is 0 Å². The molecule has 0 fully saturated rings. The average Bonchev–Trinajstić information content (AvgIpc) is 2.27. The molecule has 1 aromatic rings. The quantitative estimate of drug-likeness (QED) is 0.553. The number of ether oxygens (including phenoxy) is 1. The summed E-state index contributed by atoms with van der Waals surface area (Å²) in [4.78, 5) is 4.25. The standard InChI is InChI=1S/C13H17NO/c1-9(2)12-6-7-14-13(8-12)10(3)11(4)15-5/h6-9H,3-4H2,1-2,5H3. The van der Waals surface area contributed by atoms with Gasteiger partial charge in [0.05, 0.1) is 12.8 Å². The van der Waals surface area contributed by atoms with E-state index in [1.165, 1.54) is 5.56 Å². The molecule has 1 aromatic heterocycles. The number of hydrogen-bond acceptors (Lipinski definition) is 2. The van der Waals surface area contributed by atoms with Gasteiger partial charge >= 0.3 is 0 Å². The Morgan fingerprint density at radius 2 is 2.07 bits per heavy atom. The molecule has 0 aliphatic heterocycles. The van der Waals surface area contributed by atoms with Gasteiger partial charge in [-0.05, 0) is 23.6 Å². The fraction of sp³-hybridized carbons (Fsp3) is 0.308. The van der Waals surface area contributed by atoms with Gasteiger partial charge in [0.2, 0.25) is 0 Å². The molecular formula is C13H17NO. The molecule has 0 unspecified atom stereocenters. The zero-order valence-electron chi connectivity index (χ0n) is 9.58. The Bertz CT molecular complexity index is 380. The van der Waals surface area contributed by atoms with Crippen LogP contribution < -0.4 is 0 Å². The second-order valence-corrected chi connectivity index (χ2v) is 3.73. The normalized spacial score (nSPS) is 10.1. The molecule has 0 N–H and O–H groups in total. The summed E-state index contributed by atoms with van der Waals surface area (Å²) in [6.07, 6.45) is 1.79. The molecule has 0 atom stereocenters. The number of allylic oxidation sites excluding steroid dienone is 1. The van der Waals surface area contributed by atoms with Gasteiger partial charge < -0.3 is 4.74 Å². The van der Waals surface area contributed by atoms with E-state index >= 15 is 0 Å². The topological polar surface area (TPSA) is 22.1 Å². The zero-order chi connectivity index (χ0) is 11.4. The zero-order valence-corrected chi connectivity index (χ0v) is 9.58. The van der Waals surface area contributed by atoms with Crippen molar-refractivity contribution in [3.05, 3.63) is 48.5 Å². The van der Waals surface area contributed by atoms with Crippen molar-refractivity contribution in [3.8, 4) is 0 Å². The van der Waals surface area contributed by atoms with Crippen molar-refractivity contribution in [1.82, 2.24) is 4.98 Å². The van der Waals surface area contributed by atoms with E-state index in [9.17, 15) is 0 Å². The molecule has 0 aliphatic rings. The van der Waals surface area contributed by atoms with Crippen molar-refractivity contribution in [3.63, 3.8) is 0 Å². The third kappa shape index (κ3) is 2.69. The summed E-state index contributed by atoms with van der Waals surface area (Å²) in [5.74, 6) is 1.04. The first-order valence-electron chi connectivity index (χ1n) is 4.94. The maximum absolute atomic E-state index is 5.03. The molecule has 0 saturated carbocycles. The molecule has 0 bridgehead atoms. The maximum atomic E-state index is 5.03. The van der Waals surface area contributed by atoms with Crippen LogP contribution in [0.5, 0.6) is 0 Å². The van der Waals surface area contributed by atoms with Gasteiger partial charge in [-0.2, -0.15) is 0 Å². The first-order valence-corrected chi connectivity index (χ1v) is 4.94. The molecule has 15 heavy (non-hydrogen) atoms. The summed E-state index contributed by atoms with van der Waals surface area (Å²) in [7, 11) is 1.58. The molecule has 1 rings (SSSR count). The number of rotatable bonds is 4. The summed E-state index contributed by atoms with van der Waals surface area (Å²) < 4.78 is 5.03. The van der Waals surface area contributed by atoms with E-state index in [-0.39, 0.29) is 0 Å². The molecule has 0 spiro atoms. The van der Waals surface area contributed by atoms with Crippen molar-refractivity contribution in [1.29, 1.82) is 0 Å². The second-order valence-electron chi connectivity index (χ2n) is 3.73. The molecule has 1 heterocycles. The largest absolute Gasteiger partial charge is 0.497 e. The van der Waals surface area contributed by atoms with Crippen LogP contribution in [-0.4, -0.2) is 12.1 Å². The fourth-order valence-corrected chi connectivity index (χ4v) is 1.24. The molecular weight excluding hydrogens is 186 g/mol. The summed E-state index contributed by atoms with van der Waals surface area (Å²) in [6.45, 7) is 12.0. The van der Waals surface area contributed by atoms with Gasteiger partial charge in [0.1, 0.15) is 5.76 Å². The molecule has 80 valence electrons. The highest BCUT2D eigenvalue weighted by molar-refractivity contribution is 5.72. The van der Waals surface area contributed by atoms with Gasteiger partial charge in [0.15, 0.2) is 0 Å². The Hall–Kier alpha value is -1.57. The van der Waals surface area contributed by atoms with E-state index in [0.717, 1.165) is 11.3 Å². The molecule has 2 heteroatoms. The van der Waals surface area contributed by atoms with Gasteiger partial charge in [-0.15, -0.1) is 0 Å².